The summed E-state index contributed by atoms with van der Waals surface area (Å²) >= 11 is 0. The first-order chi connectivity index (χ1) is 8.88. The normalized spacial score (nSPS) is 10.5. The zero-order chi connectivity index (χ0) is 12.4. The molecule has 2 heterocycles. The van der Waals surface area contributed by atoms with E-state index >= 15 is 0 Å². The summed E-state index contributed by atoms with van der Waals surface area (Å²) in [5.74, 6) is 0.774. The third-order valence-electron chi connectivity index (χ3n) is 2.77. The zero-order valence-electron chi connectivity index (χ0n) is 9.87. The van der Waals surface area contributed by atoms with Gasteiger partial charge in [0.1, 0.15) is 5.75 Å². The third-order valence-corrected chi connectivity index (χ3v) is 2.77. The van der Waals surface area contributed by atoms with Crippen molar-refractivity contribution in [3.63, 3.8) is 0 Å². The summed E-state index contributed by atoms with van der Waals surface area (Å²) in [4.78, 5) is 4.34. The van der Waals surface area contributed by atoms with Crippen LogP contribution in [0.1, 0.15) is 0 Å². The Morgan fingerprint density at radius 3 is 2.72 bits per heavy atom. The SMILES string of the molecule is COc1cc2cccnc2cc1-c1cccnn1. The Kier molecular flexibility index (Phi) is 2.61. The van der Waals surface area contributed by atoms with E-state index in [0.717, 1.165) is 27.9 Å². The van der Waals surface area contributed by atoms with Gasteiger partial charge in [0, 0.05) is 23.3 Å². The topological polar surface area (TPSA) is 47.9 Å². The predicted octanol–water partition coefficient (Wildman–Crippen LogP) is 2.70. The molecule has 0 amide bonds. The molecular formula is C14H11N3O. The molecule has 1 aromatic carbocycles. The number of fused-ring (bicyclic) bond motifs is 1. The lowest BCUT2D eigenvalue weighted by Gasteiger charge is -2.08. The van der Waals surface area contributed by atoms with Gasteiger partial charge >= 0.3 is 0 Å². The molecule has 0 aliphatic carbocycles. The van der Waals surface area contributed by atoms with Crippen molar-refractivity contribution >= 4 is 10.9 Å². The summed E-state index contributed by atoms with van der Waals surface area (Å²) in [6, 6.07) is 11.6. The molecule has 2 aromatic heterocycles. The van der Waals surface area contributed by atoms with Crippen molar-refractivity contribution in [1.29, 1.82) is 0 Å². The molecule has 0 fully saturated rings. The Labute approximate surface area is 104 Å². The summed E-state index contributed by atoms with van der Waals surface area (Å²) in [6.07, 6.45) is 3.42. The number of methoxy groups -OCH3 is 1. The van der Waals surface area contributed by atoms with E-state index in [1.165, 1.54) is 0 Å². The molecule has 0 aliphatic rings. The summed E-state index contributed by atoms with van der Waals surface area (Å²) in [5.41, 5.74) is 2.60. The van der Waals surface area contributed by atoms with E-state index in [1.807, 2.05) is 36.4 Å². The van der Waals surface area contributed by atoms with Crippen molar-refractivity contribution in [2.75, 3.05) is 7.11 Å². The van der Waals surface area contributed by atoms with Crippen LogP contribution in [0.5, 0.6) is 5.75 Å². The van der Waals surface area contributed by atoms with Crippen molar-refractivity contribution in [3.05, 3.63) is 48.8 Å². The molecule has 3 aromatic rings. The number of ether oxygens (including phenoxy) is 1. The summed E-state index contributed by atoms with van der Waals surface area (Å²) < 4.78 is 5.41. The molecule has 0 aliphatic heterocycles. The maximum absolute atomic E-state index is 5.41. The van der Waals surface area contributed by atoms with Crippen LogP contribution in [-0.4, -0.2) is 22.3 Å². The van der Waals surface area contributed by atoms with Crippen molar-refractivity contribution in [2.24, 2.45) is 0 Å². The standard InChI is InChI=1S/C14H11N3O/c1-18-14-8-10-4-2-6-15-13(10)9-11(14)12-5-3-7-16-17-12/h2-9H,1H3. The van der Waals surface area contributed by atoms with Crippen LogP contribution in [0.25, 0.3) is 22.2 Å². The van der Waals surface area contributed by atoms with Crippen LogP contribution < -0.4 is 4.74 Å². The second-order valence-electron chi connectivity index (χ2n) is 3.86. The fourth-order valence-electron chi connectivity index (χ4n) is 1.91. The Bertz CT molecular complexity index is 683. The van der Waals surface area contributed by atoms with Crippen LogP contribution in [0, 0.1) is 0 Å². The lowest BCUT2D eigenvalue weighted by atomic mass is 10.1. The molecule has 0 N–H and O–H groups in total. The number of nitrogens with zero attached hydrogens (tertiary/aromatic N) is 3. The van der Waals surface area contributed by atoms with Crippen molar-refractivity contribution in [1.82, 2.24) is 15.2 Å². The minimum atomic E-state index is 0.774. The van der Waals surface area contributed by atoms with Gasteiger partial charge < -0.3 is 4.74 Å². The van der Waals surface area contributed by atoms with E-state index in [0.29, 0.717) is 0 Å². The number of pyridine rings is 1. The highest BCUT2D eigenvalue weighted by atomic mass is 16.5. The van der Waals surface area contributed by atoms with Crippen LogP contribution in [0.3, 0.4) is 0 Å². The fraction of sp³-hybridized carbons (Fsp3) is 0.0714. The second kappa shape index (κ2) is 4.41. The highest BCUT2D eigenvalue weighted by molar-refractivity contribution is 5.87. The Morgan fingerprint density at radius 2 is 1.94 bits per heavy atom. The van der Waals surface area contributed by atoms with Crippen LogP contribution >= 0.6 is 0 Å². The molecule has 4 nitrogen and oxygen atoms in total. The maximum atomic E-state index is 5.41. The Morgan fingerprint density at radius 1 is 1.06 bits per heavy atom. The molecule has 0 spiro atoms. The number of hydrogen-bond acceptors (Lipinski definition) is 4. The van der Waals surface area contributed by atoms with Crippen LogP contribution in [0.4, 0.5) is 0 Å². The van der Waals surface area contributed by atoms with Crippen molar-refractivity contribution < 1.29 is 4.74 Å². The number of hydrogen-bond donors (Lipinski definition) is 0. The first kappa shape index (κ1) is 10.7. The summed E-state index contributed by atoms with van der Waals surface area (Å²) in [7, 11) is 1.65. The van der Waals surface area contributed by atoms with E-state index in [2.05, 4.69) is 15.2 Å². The molecular weight excluding hydrogens is 226 g/mol. The minimum Gasteiger partial charge on any atom is -0.496 e. The maximum Gasteiger partial charge on any atom is 0.129 e. The third kappa shape index (κ3) is 1.78. The van der Waals surface area contributed by atoms with Gasteiger partial charge in [-0.25, -0.2) is 0 Å². The molecule has 0 saturated heterocycles. The highest BCUT2D eigenvalue weighted by Crippen LogP contribution is 2.31. The van der Waals surface area contributed by atoms with Gasteiger partial charge in [0.15, 0.2) is 0 Å². The van der Waals surface area contributed by atoms with Crippen LogP contribution in [0.15, 0.2) is 48.8 Å². The Hall–Kier alpha value is -2.49. The molecule has 4 heteroatoms. The first-order valence-electron chi connectivity index (χ1n) is 5.59. The zero-order valence-corrected chi connectivity index (χ0v) is 9.87. The predicted molar refractivity (Wildman–Crippen MR) is 69.3 cm³/mol. The van der Waals surface area contributed by atoms with Crippen molar-refractivity contribution in [3.8, 4) is 17.0 Å². The lowest BCUT2D eigenvalue weighted by Crippen LogP contribution is -1.92. The molecule has 18 heavy (non-hydrogen) atoms. The molecule has 0 saturated carbocycles. The molecule has 88 valence electrons. The van der Waals surface area contributed by atoms with E-state index in [-0.39, 0.29) is 0 Å². The second-order valence-corrected chi connectivity index (χ2v) is 3.86. The molecule has 0 atom stereocenters. The minimum absolute atomic E-state index is 0.774. The van der Waals surface area contributed by atoms with E-state index in [1.54, 1.807) is 19.5 Å². The van der Waals surface area contributed by atoms with E-state index in [9.17, 15) is 0 Å². The molecule has 0 unspecified atom stereocenters. The van der Waals surface area contributed by atoms with Crippen LogP contribution in [-0.2, 0) is 0 Å². The summed E-state index contributed by atoms with van der Waals surface area (Å²) in [6.45, 7) is 0. The van der Waals surface area contributed by atoms with Crippen LogP contribution in [0.2, 0.25) is 0 Å². The van der Waals surface area contributed by atoms with Gasteiger partial charge in [-0.1, -0.05) is 6.07 Å². The van der Waals surface area contributed by atoms with E-state index < -0.39 is 0 Å². The van der Waals surface area contributed by atoms with Gasteiger partial charge in [-0.2, -0.15) is 10.2 Å². The van der Waals surface area contributed by atoms with Gasteiger partial charge in [-0.05, 0) is 30.3 Å². The quantitative estimate of drug-likeness (QED) is 0.687. The van der Waals surface area contributed by atoms with Gasteiger partial charge in [-0.15, -0.1) is 0 Å². The fourth-order valence-corrected chi connectivity index (χ4v) is 1.91. The molecule has 0 radical (unpaired) electrons. The highest BCUT2D eigenvalue weighted by Gasteiger charge is 2.09. The van der Waals surface area contributed by atoms with Gasteiger partial charge in [-0.3, -0.25) is 4.98 Å². The number of aromatic nitrogens is 3. The lowest BCUT2D eigenvalue weighted by molar-refractivity contribution is 0.417. The van der Waals surface area contributed by atoms with Gasteiger partial charge in [0.2, 0.25) is 0 Å². The first-order valence-corrected chi connectivity index (χ1v) is 5.59. The summed E-state index contributed by atoms with van der Waals surface area (Å²) in [5, 5.41) is 9.04. The monoisotopic (exact) mass is 237 g/mol. The van der Waals surface area contributed by atoms with Gasteiger partial charge in [0.25, 0.3) is 0 Å². The average molecular weight is 237 g/mol. The van der Waals surface area contributed by atoms with Gasteiger partial charge in [0.05, 0.1) is 18.3 Å². The number of benzene rings is 1. The molecule has 0 bridgehead atoms. The number of rotatable bonds is 2. The molecule has 3 rings (SSSR count). The smallest absolute Gasteiger partial charge is 0.129 e. The van der Waals surface area contributed by atoms with Crippen molar-refractivity contribution in [2.45, 2.75) is 0 Å². The van der Waals surface area contributed by atoms with E-state index in [4.69, 9.17) is 4.74 Å². The average Bonchev–Trinajstić information content (AvgIpc) is 2.46. The Balaban J connectivity index is 2.27. The largest absolute Gasteiger partial charge is 0.496 e.